The number of hydrogen-bond acceptors (Lipinski definition) is 14. The lowest BCUT2D eigenvalue weighted by atomic mass is 9.93. The van der Waals surface area contributed by atoms with Crippen molar-refractivity contribution in [3.8, 4) is 0 Å². The SMILES string of the molecule is CN(C(=O)OC(C)(C)C)C1CN(C(c2ccccc2)c2ccccc2)C1.CN(C(=O)OC(C)(C)C)C1CNC1.CNC1CN(C(c2ccccc2)c2ccccc2)C1.CS(=O)(=O)OC1CN(C(c2ccccc2)c2ccccc2)C1.OC1CN(C(c2ccccc2)c2ccccc2)C1. The molecule has 8 aromatic carbocycles. The molecule has 5 heterocycles. The second-order valence-electron chi connectivity index (χ2n) is 27.9. The first-order valence-electron chi connectivity index (χ1n) is 34.2. The van der Waals surface area contributed by atoms with Gasteiger partial charge < -0.3 is 35.0 Å². The third kappa shape index (κ3) is 21.7. The van der Waals surface area contributed by atoms with Crippen LogP contribution in [0.3, 0.4) is 0 Å². The van der Waals surface area contributed by atoms with Crippen molar-refractivity contribution in [3.63, 3.8) is 0 Å². The van der Waals surface area contributed by atoms with Crippen LogP contribution in [0.4, 0.5) is 9.59 Å². The minimum atomic E-state index is -3.39. The fourth-order valence-corrected chi connectivity index (χ4v) is 13.2. The number of aliphatic hydroxyl groups excluding tert-OH is 1. The Morgan fingerprint density at radius 2 is 0.673 bits per heavy atom. The summed E-state index contributed by atoms with van der Waals surface area (Å²) in [6.45, 7) is 19.7. The van der Waals surface area contributed by atoms with E-state index in [1.807, 2.05) is 116 Å². The smallest absolute Gasteiger partial charge is 0.410 e. The molecule has 0 atom stereocenters. The van der Waals surface area contributed by atoms with Crippen LogP contribution in [-0.4, -0.2) is 189 Å². The summed E-state index contributed by atoms with van der Waals surface area (Å²) in [6, 6.07) is 86.2. The highest BCUT2D eigenvalue weighted by atomic mass is 32.2. The average Bonchev–Trinajstić information content (AvgIpc) is 0.804. The zero-order chi connectivity index (χ0) is 69.8. The van der Waals surface area contributed by atoms with Crippen molar-refractivity contribution >= 4 is 22.3 Å². The summed E-state index contributed by atoms with van der Waals surface area (Å²) in [5.41, 5.74) is 9.42. The van der Waals surface area contributed by atoms with Crippen molar-refractivity contribution in [3.05, 3.63) is 287 Å². The summed E-state index contributed by atoms with van der Waals surface area (Å²) in [7, 11) is 2.26. The van der Waals surface area contributed by atoms with E-state index in [-0.39, 0.29) is 48.6 Å². The van der Waals surface area contributed by atoms with Crippen LogP contribution in [0.1, 0.15) is 110 Å². The van der Waals surface area contributed by atoms with Crippen LogP contribution in [0.25, 0.3) is 0 Å². The number of carbonyl (C=O) groups is 2. The number of hydrogen-bond donors (Lipinski definition) is 3. The molecule has 5 fully saturated rings. The van der Waals surface area contributed by atoms with Gasteiger partial charge in [0, 0.05) is 85.6 Å². The van der Waals surface area contributed by atoms with Crippen LogP contribution in [0.15, 0.2) is 243 Å². The highest BCUT2D eigenvalue weighted by molar-refractivity contribution is 7.86. The number of nitrogens with one attached hydrogen (secondary N) is 2. The first-order chi connectivity index (χ1) is 47.0. The molecule has 98 heavy (non-hydrogen) atoms. The fourth-order valence-electron chi connectivity index (χ4n) is 12.6. The molecule has 0 saturated carbocycles. The Hall–Kier alpha value is -8.07. The second kappa shape index (κ2) is 35.1. The molecule has 0 aromatic heterocycles. The maximum atomic E-state index is 12.3. The lowest BCUT2D eigenvalue weighted by molar-refractivity contribution is -0.0160. The summed E-state index contributed by atoms with van der Waals surface area (Å²) in [5, 5.41) is 16.0. The number of ether oxygens (including phenoxy) is 2. The van der Waals surface area contributed by atoms with Crippen molar-refractivity contribution in [2.24, 2.45) is 0 Å². The maximum absolute atomic E-state index is 12.3. The summed E-state index contributed by atoms with van der Waals surface area (Å²) in [6.07, 6.45) is 0.198. The lowest BCUT2D eigenvalue weighted by Gasteiger charge is -2.48. The van der Waals surface area contributed by atoms with E-state index in [1.165, 1.54) is 44.5 Å². The summed E-state index contributed by atoms with van der Waals surface area (Å²) >= 11 is 0. The van der Waals surface area contributed by atoms with Crippen molar-refractivity contribution in [1.82, 2.24) is 40.0 Å². The third-order valence-corrected chi connectivity index (χ3v) is 18.5. The van der Waals surface area contributed by atoms with Crippen LogP contribution >= 0.6 is 0 Å². The van der Waals surface area contributed by atoms with E-state index in [0.29, 0.717) is 31.2 Å². The zero-order valence-electron chi connectivity index (χ0n) is 58.8. The average molecular weight is 1350 g/mol. The largest absolute Gasteiger partial charge is 0.444 e. The number of β-amino-alcohol motifs (C(OH)–C–C–N with tert-alkyl or cyclic N) is 1. The number of amides is 2. The number of rotatable bonds is 17. The minimum absolute atomic E-state index is 0.127. The molecule has 13 rings (SSSR count). The Labute approximate surface area is 583 Å². The molecular weight excluding hydrogens is 1250 g/mol. The van der Waals surface area contributed by atoms with Gasteiger partial charge in [-0.05, 0) is 93.1 Å². The summed E-state index contributed by atoms with van der Waals surface area (Å²) < 4.78 is 38.2. The van der Waals surface area contributed by atoms with Crippen molar-refractivity contribution in [1.29, 1.82) is 0 Å². The topological polar surface area (TPSA) is 160 Å². The molecule has 5 saturated heterocycles. The van der Waals surface area contributed by atoms with Gasteiger partial charge >= 0.3 is 12.2 Å². The van der Waals surface area contributed by atoms with Gasteiger partial charge in [0.1, 0.15) is 17.3 Å². The minimum Gasteiger partial charge on any atom is -0.444 e. The molecule has 5 aliphatic heterocycles. The van der Waals surface area contributed by atoms with Gasteiger partial charge in [-0.25, -0.2) is 9.59 Å². The first-order valence-corrected chi connectivity index (χ1v) is 36.0. The predicted molar refractivity (Wildman–Crippen MR) is 392 cm³/mol. The molecular formula is C81H102N8O8S. The molecule has 17 heteroatoms. The van der Waals surface area contributed by atoms with E-state index >= 15 is 0 Å². The van der Waals surface area contributed by atoms with Crippen molar-refractivity contribution in [2.45, 2.75) is 107 Å². The van der Waals surface area contributed by atoms with E-state index in [9.17, 15) is 23.1 Å². The van der Waals surface area contributed by atoms with Gasteiger partial charge in [0.15, 0.2) is 0 Å². The standard InChI is InChI=1S/C22H28N2O2.C17H20N2.C17H19NO3S.C16H17NO.C9H18N2O2/c1-22(2,3)26-21(25)23(4)19-15-24(16-19)20(17-11-7-5-8-12-17)18-13-9-6-10-14-18;1-18-16-12-19(13-16)17(14-8-4-2-5-9-14)15-10-6-3-7-11-15;1-22(19,20)21-16-12-18(13-16)17(14-8-4-2-5-9-14)15-10-6-3-7-11-15;18-15-11-17(12-15)16(13-7-3-1-4-8-13)14-9-5-2-6-10-14;1-9(2,3)13-8(12)11(4)7-5-10-6-7/h5-14,19-20H,15-16H2,1-4H3;2-11,16-18H,12-13H2,1H3;2-11,16-17H,12-13H2,1H3;1-10,15-16,18H,11-12H2;7,10H,5-6H2,1-4H3. The number of nitrogens with zero attached hydrogens (tertiary/aromatic N) is 6. The normalized spacial score (nSPS) is 16.5. The van der Waals surface area contributed by atoms with E-state index in [0.717, 1.165) is 58.6 Å². The van der Waals surface area contributed by atoms with Gasteiger partial charge in [-0.1, -0.05) is 243 Å². The molecule has 0 unspecified atom stereocenters. The molecule has 5 aliphatic rings. The zero-order valence-corrected chi connectivity index (χ0v) is 59.6. The van der Waals surface area contributed by atoms with Gasteiger partial charge in [-0.2, -0.15) is 8.42 Å². The molecule has 8 aromatic rings. The Morgan fingerprint density at radius 1 is 0.429 bits per heavy atom. The Balaban J connectivity index is 0.000000146. The van der Waals surface area contributed by atoms with Crippen LogP contribution in [0, 0.1) is 0 Å². The lowest BCUT2D eigenvalue weighted by Crippen LogP contribution is -2.60. The molecule has 2 amide bonds. The van der Waals surface area contributed by atoms with Crippen LogP contribution < -0.4 is 10.6 Å². The quantitative estimate of drug-likeness (QED) is 0.0739. The summed E-state index contributed by atoms with van der Waals surface area (Å²) in [4.78, 5) is 36.6. The number of aliphatic hydroxyl groups is 1. The van der Waals surface area contributed by atoms with Gasteiger partial charge in [-0.15, -0.1) is 0 Å². The molecule has 0 spiro atoms. The van der Waals surface area contributed by atoms with Gasteiger partial charge in [0.25, 0.3) is 10.1 Å². The molecule has 520 valence electrons. The Bertz CT molecular complexity index is 3580. The van der Waals surface area contributed by atoms with Crippen LogP contribution in [0.2, 0.25) is 0 Å². The van der Waals surface area contributed by atoms with Crippen LogP contribution in [-0.2, 0) is 23.8 Å². The summed E-state index contributed by atoms with van der Waals surface area (Å²) in [5.74, 6) is 0. The van der Waals surface area contributed by atoms with E-state index in [4.69, 9.17) is 13.7 Å². The number of likely N-dealkylation sites (tertiary alicyclic amines) is 4. The molecule has 0 radical (unpaired) electrons. The molecule has 0 aliphatic carbocycles. The number of carbonyl (C=O) groups excluding carboxylic acids is 2. The highest BCUT2D eigenvalue weighted by Crippen LogP contribution is 2.37. The Morgan fingerprint density at radius 3 is 0.898 bits per heavy atom. The number of benzene rings is 8. The molecule has 3 N–H and O–H groups in total. The van der Waals surface area contributed by atoms with E-state index in [1.54, 1.807) is 16.8 Å². The number of likely N-dealkylation sites (N-methyl/N-ethyl adjacent to an activating group) is 3. The van der Waals surface area contributed by atoms with Crippen LogP contribution in [0.5, 0.6) is 0 Å². The Kier molecular flexibility index (Phi) is 26.6. The van der Waals surface area contributed by atoms with Gasteiger partial charge in [-0.3, -0.25) is 23.8 Å². The second-order valence-corrected chi connectivity index (χ2v) is 29.5. The van der Waals surface area contributed by atoms with E-state index in [2.05, 4.69) is 212 Å². The highest BCUT2D eigenvalue weighted by Gasteiger charge is 2.40. The van der Waals surface area contributed by atoms with E-state index < -0.39 is 21.3 Å². The monoisotopic (exact) mass is 1350 g/mol. The first kappa shape index (κ1) is 74.2. The van der Waals surface area contributed by atoms with Gasteiger partial charge in [0.05, 0.1) is 48.6 Å². The predicted octanol–water partition coefficient (Wildman–Crippen LogP) is 12.7. The fraction of sp³-hybridized carbons (Fsp3) is 0.383. The maximum Gasteiger partial charge on any atom is 0.410 e. The van der Waals surface area contributed by atoms with Crippen molar-refractivity contribution in [2.75, 3.05) is 92.8 Å². The van der Waals surface area contributed by atoms with Gasteiger partial charge in [0.2, 0.25) is 0 Å². The van der Waals surface area contributed by atoms with Crippen molar-refractivity contribution < 1.29 is 36.8 Å². The third-order valence-electron chi connectivity index (χ3n) is 17.9. The molecule has 0 bridgehead atoms. The molecule has 16 nitrogen and oxygen atoms in total.